The van der Waals surface area contributed by atoms with Crippen molar-refractivity contribution in [2.24, 2.45) is 0 Å². The van der Waals surface area contributed by atoms with Crippen LogP contribution >= 0.6 is 23.2 Å². The third kappa shape index (κ3) is 3.16. The Balaban J connectivity index is 2.33. The molecule has 0 aliphatic heterocycles. The summed E-state index contributed by atoms with van der Waals surface area (Å²) in [5.41, 5.74) is 2.77. The maximum atomic E-state index is 9.07. The summed E-state index contributed by atoms with van der Waals surface area (Å²) in [5.74, 6) is 0. The summed E-state index contributed by atoms with van der Waals surface area (Å²) in [7, 11) is 0. The number of nitrogens with one attached hydrogen (secondary N) is 1. The molecule has 94 valence electrons. The second-order valence-corrected chi connectivity index (χ2v) is 4.70. The molecule has 0 amide bonds. The first-order chi connectivity index (χ1) is 8.70. The van der Waals surface area contributed by atoms with Crippen molar-refractivity contribution in [2.45, 2.75) is 6.42 Å². The molecular formula is C14H13Cl2NO. The van der Waals surface area contributed by atoms with Crippen LogP contribution in [0.5, 0.6) is 0 Å². The third-order valence-electron chi connectivity index (χ3n) is 2.58. The van der Waals surface area contributed by atoms with Gasteiger partial charge in [-0.3, -0.25) is 0 Å². The number of aliphatic hydroxyl groups excluding tert-OH is 1. The normalized spacial score (nSPS) is 10.4. The highest BCUT2D eigenvalue weighted by molar-refractivity contribution is 6.42. The molecule has 4 heteroatoms. The monoisotopic (exact) mass is 281 g/mol. The first-order valence-corrected chi connectivity index (χ1v) is 6.37. The zero-order valence-corrected chi connectivity index (χ0v) is 11.2. The quantitative estimate of drug-likeness (QED) is 0.877. The predicted molar refractivity (Wildman–Crippen MR) is 77.0 cm³/mol. The highest BCUT2D eigenvalue weighted by Gasteiger charge is 2.07. The Hall–Kier alpha value is -1.22. The van der Waals surface area contributed by atoms with E-state index in [9.17, 15) is 0 Å². The van der Waals surface area contributed by atoms with E-state index in [2.05, 4.69) is 5.32 Å². The predicted octanol–water partition coefficient (Wildman–Crippen LogP) is 4.27. The van der Waals surface area contributed by atoms with Crippen molar-refractivity contribution in [3.63, 3.8) is 0 Å². The average molecular weight is 282 g/mol. The molecule has 2 rings (SSSR count). The van der Waals surface area contributed by atoms with Crippen molar-refractivity contribution in [3.05, 3.63) is 58.1 Å². The van der Waals surface area contributed by atoms with E-state index in [0.717, 1.165) is 16.9 Å². The summed E-state index contributed by atoms with van der Waals surface area (Å²) in [5, 5.41) is 13.3. The van der Waals surface area contributed by atoms with Gasteiger partial charge in [0, 0.05) is 18.0 Å². The van der Waals surface area contributed by atoms with E-state index in [-0.39, 0.29) is 6.61 Å². The van der Waals surface area contributed by atoms with Crippen LogP contribution < -0.4 is 5.32 Å². The summed E-state index contributed by atoms with van der Waals surface area (Å²) in [6.07, 6.45) is 0.534. The average Bonchev–Trinajstić information content (AvgIpc) is 2.37. The molecule has 0 bridgehead atoms. The molecule has 0 radical (unpaired) electrons. The standard InChI is InChI=1S/C14H13Cl2NO/c15-12-8-10(6-7-18)14(9-13(12)16)17-11-4-2-1-3-5-11/h1-5,8-9,17-18H,6-7H2. The van der Waals surface area contributed by atoms with Gasteiger partial charge in [0.05, 0.1) is 10.0 Å². The summed E-state index contributed by atoms with van der Waals surface area (Å²) in [4.78, 5) is 0. The van der Waals surface area contributed by atoms with Crippen LogP contribution in [-0.4, -0.2) is 11.7 Å². The molecule has 0 aliphatic rings. The van der Waals surface area contributed by atoms with Crippen molar-refractivity contribution in [2.75, 3.05) is 11.9 Å². The fraction of sp³-hybridized carbons (Fsp3) is 0.143. The van der Waals surface area contributed by atoms with Crippen LogP contribution in [0.2, 0.25) is 10.0 Å². The summed E-state index contributed by atoms with van der Waals surface area (Å²) < 4.78 is 0. The second kappa shape index (κ2) is 6.10. The fourth-order valence-electron chi connectivity index (χ4n) is 1.71. The smallest absolute Gasteiger partial charge is 0.0613 e. The first-order valence-electron chi connectivity index (χ1n) is 5.61. The number of hydrogen-bond donors (Lipinski definition) is 2. The van der Waals surface area contributed by atoms with Gasteiger partial charge in [-0.15, -0.1) is 0 Å². The number of benzene rings is 2. The number of halogens is 2. The van der Waals surface area contributed by atoms with Crippen molar-refractivity contribution in [3.8, 4) is 0 Å². The minimum atomic E-state index is 0.0709. The lowest BCUT2D eigenvalue weighted by atomic mass is 10.1. The van der Waals surface area contributed by atoms with Gasteiger partial charge in [0.25, 0.3) is 0 Å². The molecule has 2 N–H and O–H groups in total. The van der Waals surface area contributed by atoms with E-state index in [1.807, 2.05) is 30.3 Å². The Morgan fingerprint density at radius 2 is 1.67 bits per heavy atom. The molecule has 0 saturated heterocycles. The molecule has 0 saturated carbocycles. The molecule has 0 heterocycles. The highest BCUT2D eigenvalue weighted by atomic mass is 35.5. The van der Waals surface area contributed by atoms with Gasteiger partial charge in [-0.1, -0.05) is 41.4 Å². The van der Waals surface area contributed by atoms with Gasteiger partial charge >= 0.3 is 0 Å². The Bertz CT molecular complexity index is 529. The first kappa shape index (κ1) is 13.2. The van der Waals surface area contributed by atoms with E-state index < -0.39 is 0 Å². The highest BCUT2D eigenvalue weighted by Crippen LogP contribution is 2.31. The number of aliphatic hydroxyl groups is 1. The van der Waals surface area contributed by atoms with Gasteiger partial charge in [0.1, 0.15) is 0 Å². The van der Waals surface area contributed by atoms with Crippen LogP contribution in [0.1, 0.15) is 5.56 Å². The van der Waals surface area contributed by atoms with Crippen LogP contribution in [0.15, 0.2) is 42.5 Å². The van der Waals surface area contributed by atoms with E-state index in [4.69, 9.17) is 28.3 Å². The molecule has 0 spiro atoms. The van der Waals surface area contributed by atoms with E-state index >= 15 is 0 Å². The van der Waals surface area contributed by atoms with Crippen LogP contribution in [0.4, 0.5) is 11.4 Å². The molecule has 2 nitrogen and oxygen atoms in total. The maximum absolute atomic E-state index is 9.07. The van der Waals surface area contributed by atoms with E-state index in [1.165, 1.54) is 0 Å². The Morgan fingerprint density at radius 1 is 1.00 bits per heavy atom. The maximum Gasteiger partial charge on any atom is 0.0613 e. The second-order valence-electron chi connectivity index (χ2n) is 3.89. The fourth-order valence-corrected chi connectivity index (χ4v) is 2.06. The van der Waals surface area contributed by atoms with Crippen LogP contribution in [0, 0.1) is 0 Å². The molecule has 0 aliphatic carbocycles. The summed E-state index contributed by atoms with van der Waals surface area (Å²) >= 11 is 12.0. The van der Waals surface area contributed by atoms with E-state index in [0.29, 0.717) is 16.5 Å². The number of hydrogen-bond acceptors (Lipinski definition) is 2. The van der Waals surface area contributed by atoms with Crippen LogP contribution in [0.25, 0.3) is 0 Å². The van der Waals surface area contributed by atoms with Crippen LogP contribution in [0.3, 0.4) is 0 Å². The molecule has 2 aromatic carbocycles. The minimum absolute atomic E-state index is 0.0709. The van der Waals surface area contributed by atoms with Gasteiger partial charge in [-0.2, -0.15) is 0 Å². The Kier molecular flexibility index (Phi) is 4.48. The third-order valence-corrected chi connectivity index (χ3v) is 3.30. The lowest BCUT2D eigenvalue weighted by molar-refractivity contribution is 0.300. The van der Waals surface area contributed by atoms with Crippen molar-refractivity contribution >= 4 is 34.6 Å². The van der Waals surface area contributed by atoms with Gasteiger partial charge in [-0.25, -0.2) is 0 Å². The zero-order chi connectivity index (χ0) is 13.0. The topological polar surface area (TPSA) is 32.3 Å². The zero-order valence-electron chi connectivity index (χ0n) is 9.66. The molecule has 0 unspecified atom stereocenters. The molecule has 0 aromatic heterocycles. The van der Waals surface area contributed by atoms with Gasteiger partial charge in [-0.05, 0) is 36.2 Å². The Morgan fingerprint density at radius 3 is 2.33 bits per heavy atom. The molecule has 18 heavy (non-hydrogen) atoms. The molecular weight excluding hydrogens is 269 g/mol. The van der Waals surface area contributed by atoms with Crippen molar-refractivity contribution in [1.82, 2.24) is 0 Å². The van der Waals surface area contributed by atoms with Crippen LogP contribution in [-0.2, 0) is 6.42 Å². The lowest BCUT2D eigenvalue weighted by Crippen LogP contribution is -1.99. The largest absolute Gasteiger partial charge is 0.396 e. The minimum Gasteiger partial charge on any atom is -0.396 e. The van der Waals surface area contributed by atoms with Crippen molar-refractivity contribution in [1.29, 1.82) is 0 Å². The SMILES string of the molecule is OCCc1cc(Cl)c(Cl)cc1Nc1ccccc1. The molecule has 0 atom stereocenters. The van der Waals surface area contributed by atoms with Gasteiger partial charge < -0.3 is 10.4 Å². The summed E-state index contributed by atoms with van der Waals surface area (Å²) in [6, 6.07) is 13.3. The van der Waals surface area contributed by atoms with E-state index in [1.54, 1.807) is 12.1 Å². The Labute approximate surface area is 116 Å². The van der Waals surface area contributed by atoms with Crippen molar-refractivity contribution < 1.29 is 5.11 Å². The number of anilines is 2. The lowest BCUT2D eigenvalue weighted by Gasteiger charge is -2.13. The number of rotatable bonds is 4. The number of para-hydroxylation sites is 1. The molecule has 2 aromatic rings. The molecule has 0 fully saturated rings. The van der Waals surface area contributed by atoms with Gasteiger partial charge in [0.2, 0.25) is 0 Å². The van der Waals surface area contributed by atoms with Gasteiger partial charge in [0.15, 0.2) is 0 Å². The summed E-state index contributed by atoms with van der Waals surface area (Å²) in [6.45, 7) is 0.0709.